The molecule has 2 N–H and O–H groups in total. The summed E-state index contributed by atoms with van der Waals surface area (Å²) < 4.78 is 54.1. The Bertz CT molecular complexity index is 1430. The zero-order chi connectivity index (χ0) is 22.3. The summed E-state index contributed by atoms with van der Waals surface area (Å²) >= 11 is 5.91. The minimum Gasteiger partial charge on any atom is -0.345 e. The van der Waals surface area contributed by atoms with E-state index in [4.69, 9.17) is 11.6 Å². The molecule has 0 bridgehead atoms. The van der Waals surface area contributed by atoms with Gasteiger partial charge in [-0.05, 0) is 35.9 Å². The molecule has 4 rings (SSSR count). The lowest BCUT2D eigenvalue weighted by atomic mass is 10.00. The molecule has 158 valence electrons. The first-order valence-corrected chi connectivity index (χ1v) is 11.1. The van der Waals surface area contributed by atoms with Gasteiger partial charge < -0.3 is 4.98 Å². The predicted molar refractivity (Wildman–Crippen MR) is 115 cm³/mol. The standard InChI is InChI=1S/C21H14ClF2N3O3S/c1-31(29,30)27-17-7-6-16(23)18(19(17)24)20(28)15-10-26-21-14(15)8-12(9-25-21)11-2-4-13(22)5-3-11/h2-10,27H,1H3,(H,25,26). The highest BCUT2D eigenvalue weighted by Gasteiger charge is 2.25. The molecule has 0 atom stereocenters. The summed E-state index contributed by atoms with van der Waals surface area (Å²) in [5, 5.41) is 0.918. The maximum Gasteiger partial charge on any atom is 0.229 e. The number of sulfonamides is 1. The van der Waals surface area contributed by atoms with Gasteiger partial charge in [0.05, 0.1) is 17.5 Å². The lowest BCUT2D eigenvalue weighted by Gasteiger charge is -2.10. The van der Waals surface area contributed by atoms with Gasteiger partial charge in [-0.1, -0.05) is 23.7 Å². The third-order valence-electron chi connectivity index (χ3n) is 4.57. The molecule has 4 aromatic rings. The molecule has 0 radical (unpaired) electrons. The van der Waals surface area contributed by atoms with Gasteiger partial charge in [-0.3, -0.25) is 9.52 Å². The van der Waals surface area contributed by atoms with Crippen LogP contribution in [0.5, 0.6) is 0 Å². The molecule has 2 heterocycles. The predicted octanol–water partition coefficient (Wildman–Crippen LogP) is 4.76. The summed E-state index contributed by atoms with van der Waals surface area (Å²) in [5.41, 5.74) is 0.416. The number of hydrogen-bond donors (Lipinski definition) is 2. The van der Waals surface area contributed by atoms with Crippen molar-refractivity contribution in [2.45, 2.75) is 0 Å². The third kappa shape index (κ3) is 4.14. The number of anilines is 1. The Morgan fingerprint density at radius 3 is 2.48 bits per heavy atom. The summed E-state index contributed by atoms with van der Waals surface area (Å²) in [6.45, 7) is 0. The number of benzene rings is 2. The van der Waals surface area contributed by atoms with Crippen molar-refractivity contribution in [3.8, 4) is 11.1 Å². The van der Waals surface area contributed by atoms with Crippen LogP contribution in [0.3, 0.4) is 0 Å². The van der Waals surface area contributed by atoms with E-state index in [0.29, 0.717) is 21.6 Å². The molecule has 0 amide bonds. The summed E-state index contributed by atoms with van der Waals surface area (Å²) in [7, 11) is -3.83. The van der Waals surface area contributed by atoms with E-state index < -0.39 is 38.7 Å². The molecule has 6 nitrogen and oxygen atoms in total. The number of nitrogens with zero attached hydrogens (tertiary/aromatic N) is 1. The van der Waals surface area contributed by atoms with Crippen LogP contribution in [0, 0.1) is 11.6 Å². The smallest absolute Gasteiger partial charge is 0.229 e. The SMILES string of the molecule is CS(=O)(=O)Nc1ccc(F)c(C(=O)c2c[nH]c3ncc(-c4ccc(Cl)cc4)cc23)c1F. The van der Waals surface area contributed by atoms with Gasteiger partial charge in [0.1, 0.15) is 11.5 Å². The van der Waals surface area contributed by atoms with Crippen molar-refractivity contribution in [2.24, 2.45) is 0 Å². The number of ketones is 1. The molecular formula is C21H14ClF2N3O3S. The molecule has 0 aliphatic heterocycles. The van der Waals surface area contributed by atoms with Crippen LogP contribution in [0.1, 0.15) is 15.9 Å². The normalized spacial score (nSPS) is 11.6. The van der Waals surface area contributed by atoms with Gasteiger partial charge in [0.2, 0.25) is 15.8 Å². The highest BCUT2D eigenvalue weighted by Crippen LogP contribution is 2.30. The first-order chi connectivity index (χ1) is 14.6. The number of fused-ring (bicyclic) bond motifs is 1. The lowest BCUT2D eigenvalue weighted by molar-refractivity contribution is 0.103. The zero-order valence-corrected chi connectivity index (χ0v) is 17.5. The fraction of sp³-hybridized carbons (Fsp3) is 0.0476. The van der Waals surface area contributed by atoms with Crippen molar-refractivity contribution in [3.63, 3.8) is 0 Å². The fourth-order valence-corrected chi connectivity index (χ4v) is 3.85. The van der Waals surface area contributed by atoms with Crippen LogP contribution in [-0.4, -0.2) is 30.4 Å². The Morgan fingerprint density at radius 2 is 1.81 bits per heavy atom. The summed E-state index contributed by atoms with van der Waals surface area (Å²) in [6, 6.07) is 10.4. The maximum absolute atomic E-state index is 14.9. The second-order valence-corrected chi connectivity index (χ2v) is 9.00. The van der Waals surface area contributed by atoms with Gasteiger partial charge in [0.15, 0.2) is 5.82 Å². The summed E-state index contributed by atoms with van der Waals surface area (Å²) in [6.07, 6.45) is 3.72. The zero-order valence-electron chi connectivity index (χ0n) is 15.9. The van der Waals surface area contributed by atoms with Crippen molar-refractivity contribution in [1.29, 1.82) is 0 Å². The number of pyridine rings is 1. The van der Waals surface area contributed by atoms with Crippen LogP contribution in [0.25, 0.3) is 22.2 Å². The quantitative estimate of drug-likeness (QED) is 0.419. The molecule has 0 fully saturated rings. The van der Waals surface area contributed by atoms with Crippen molar-refractivity contribution in [3.05, 3.63) is 82.6 Å². The molecule has 0 saturated carbocycles. The number of rotatable bonds is 5. The van der Waals surface area contributed by atoms with Gasteiger partial charge >= 0.3 is 0 Å². The van der Waals surface area contributed by atoms with Crippen molar-refractivity contribution in [2.75, 3.05) is 11.0 Å². The van der Waals surface area contributed by atoms with E-state index in [1.165, 1.54) is 6.20 Å². The topological polar surface area (TPSA) is 91.9 Å². The van der Waals surface area contributed by atoms with Gasteiger partial charge in [0.25, 0.3) is 0 Å². The highest BCUT2D eigenvalue weighted by atomic mass is 35.5. The Labute approximate surface area is 180 Å². The Hall–Kier alpha value is -3.30. The van der Waals surface area contributed by atoms with Crippen LogP contribution < -0.4 is 4.72 Å². The first kappa shape index (κ1) is 21.0. The summed E-state index contributed by atoms with van der Waals surface area (Å²) in [5.74, 6) is -3.36. The number of carbonyl (C=O) groups is 1. The number of halogens is 3. The first-order valence-electron chi connectivity index (χ1n) is 8.87. The molecule has 2 aromatic carbocycles. The van der Waals surface area contributed by atoms with E-state index in [-0.39, 0.29) is 5.56 Å². The maximum atomic E-state index is 14.9. The molecule has 0 aliphatic rings. The van der Waals surface area contributed by atoms with Crippen molar-refractivity contribution in [1.82, 2.24) is 9.97 Å². The monoisotopic (exact) mass is 461 g/mol. The van der Waals surface area contributed by atoms with E-state index in [1.54, 1.807) is 36.5 Å². The number of aromatic amines is 1. The van der Waals surface area contributed by atoms with Crippen LogP contribution in [-0.2, 0) is 10.0 Å². The molecule has 0 spiro atoms. The van der Waals surface area contributed by atoms with Gasteiger partial charge in [0, 0.05) is 33.9 Å². The second-order valence-electron chi connectivity index (χ2n) is 6.82. The number of carbonyl (C=O) groups excluding carboxylic acids is 1. The fourth-order valence-electron chi connectivity index (χ4n) is 3.17. The van der Waals surface area contributed by atoms with Crippen LogP contribution >= 0.6 is 11.6 Å². The third-order valence-corrected chi connectivity index (χ3v) is 5.41. The van der Waals surface area contributed by atoms with Crippen LogP contribution in [0.4, 0.5) is 14.5 Å². The average molecular weight is 462 g/mol. The Balaban J connectivity index is 1.82. The van der Waals surface area contributed by atoms with E-state index >= 15 is 0 Å². The minimum atomic E-state index is -3.83. The number of hydrogen-bond acceptors (Lipinski definition) is 4. The number of H-pyrrole nitrogens is 1. The van der Waals surface area contributed by atoms with E-state index in [2.05, 4.69) is 9.97 Å². The number of nitrogens with one attached hydrogen (secondary N) is 2. The van der Waals surface area contributed by atoms with Gasteiger partial charge in [-0.2, -0.15) is 0 Å². The van der Waals surface area contributed by atoms with Gasteiger partial charge in [-0.25, -0.2) is 22.2 Å². The molecular weight excluding hydrogens is 448 g/mol. The van der Waals surface area contributed by atoms with E-state index in [0.717, 1.165) is 24.0 Å². The van der Waals surface area contributed by atoms with E-state index in [9.17, 15) is 22.0 Å². The molecule has 2 aromatic heterocycles. The molecule has 0 aliphatic carbocycles. The molecule has 0 saturated heterocycles. The average Bonchev–Trinajstić information content (AvgIpc) is 3.13. The molecule has 31 heavy (non-hydrogen) atoms. The lowest BCUT2D eigenvalue weighted by Crippen LogP contribution is -2.14. The highest BCUT2D eigenvalue weighted by molar-refractivity contribution is 7.92. The molecule has 0 unspecified atom stereocenters. The van der Waals surface area contributed by atoms with E-state index in [1.807, 2.05) is 4.72 Å². The second kappa shape index (κ2) is 7.75. The van der Waals surface area contributed by atoms with Crippen LogP contribution in [0.2, 0.25) is 5.02 Å². The summed E-state index contributed by atoms with van der Waals surface area (Å²) in [4.78, 5) is 20.1. The van der Waals surface area contributed by atoms with Crippen molar-refractivity contribution < 1.29 is 22.0 Å². The Kier molecular flexibility index (Phi) is 5.24. The Morgan fingerprint density at radius 1 is 1.10 bits per heavy atom. The van der Waals surface area contributed by atoms with Crippen molar-refractivity contribution >= 4 is 44.1 Å². The molecule has 10 heteroatoms. The van der Waals surface area contributed by atoms with Crippen LogP contribution in [0.15, 0.2) is 54.9 Å². The largest absolute Gasteiger partial charge is 0.345 e. The minimum absolute atomic E-state index is 0.00683. The van der Waals surface area contributed by atoms with Gasteiger partial charge in [-0.15, -0.1) is 0 Å². The number of aromatic nitrogens is 2.